The number of amides is 3. The minimum atomic E-state index is -0.465. The molecule has 0 aromatic heterocycles. The van der Waals surface area contributed by atoms with Crippen molar-refractivity contribution in [2.75, 3.05) is 32.8 Å². The molecule has 3 amide bonds. The number of imide groups is 1. The fourth-order valence-corrected chi connectivity index (χ4v) is 1.45. The van der Waals surface area contributed by atoms with Gasteiger partial charge in [-0.3, -0.25) is 10.1 Å². The summed E-state index contributed by atoms with van der Waals surface area (Å²) in [6, 6.07) is -0.913. The number of hydrazine groups is 1. The lowest BCUT2D eigenvalue weighted by molar-refractivity contribution is -0.123. The first-order valence-corrected chi connectivity index (χ1v) is 5.81. The number of hydrogen-bond donors (Lipinski definition) is 3. The molecule has 17 heavy (non-hydrogen) atoms. The Kier molecular flexibility index (Phi) is 5.88. The number of nitrogens with one attached hydrogen (secondary N) is 3. The quantitative estimate of drug-likeness (QED) is 0.594. The fourth-order valence-electron chi connectivity index (χ4n) is 1.45. The standard InChI is InChI=1S/C10H20N4O3/c1-3-11-10(16)12-9(15)8(2)13-14-4-6-17-7-5-14/h8,13H,3-7H2,1-2H3,(H2,11,12,15,16). The molecular formula is C10H20N4O3. The molecule has 0 saturated carbocycles. The Morgan fingerprint density at radius 3 is 2.59 bits per heavy atom. The third-order valence-electron chi connectivity index (χ3n) is 2.35. The molecule has 0 aromatic carbocycles. The predicted octanol–water partition coefficient (Wildman–Crippen LogP) is -0.943. The normalized spacial score (nSPS) is 18.5. The maximum Gasteiger partial charge on any atom is 0.321 e. The molecule has 1 atom stereocenters. The first-order chi connectivity index (χ1) is 8.13. The van der Waals surface area contributed by atoms with Crippen molar-refractivity contribution in [2.24, 2.45) is 0 Å². The van der Waals surface area contributed by atoms with Gasteiger partial charge in [0.25, 0.3) is 0 Å². The third kappa shape index (κ3) is 5.12. The summed E-state index contributed by atoms with van der Waals surface area (Å²) in [7, 11) is 0. The number of carbonyl (C=O) groups is 2. The Hall–Kier alpha value is -1.18. The summed E-state index contributed by atoms with van der Waals surface area (Å²) in [6.45, 7) is 6.76. The van der Waals surface area contributed by atoms with Gasteiger partial charge in [-0.05, 0) is 13.8 Å². The Labute approximate surface area is 101 Å². The van der Waals surface area contributed by atoms with Crippen LogP contribution in [0, 0.1) is 0 Å². The fraction of sp³-hybridized carbons (Fsp3) is 0.800. The number of morpholine rings is 1. The van der Waals surface area contributed by atoms with Crippen LogP contribution in [-0.2, 0) is 9.53 Å². The highest BCUT2D eigenvalue weighted by Gasteiger charge is 2.19. The lowest BCUT2D eigenvalue weighted by atomic mass is 10.3. The summed E-state index contributed by atoms with van der Waals surface area (Å²) in [5.41, 5.74) is 3.03. The maximum absolute atomic E-state index is 11.6. The van der Waals surface area contributed by atoms with Crippen molar-refractivity contribution >= 4 is 11.9 Å². The van der Waals surface area contributed by atoms with Crippen molar-refractivity contribution in [2.45, 2.75) is 19.9 Å². The van der Waals surface area contributed by atoms with Gasteiger partial charge < -0.3 is 10.1 Å². The van der Waals surface area contributed by atoms with Gasteiger partial charge in [-0.2, -0.15) is 0 Å². The van der Waals surface area contributed by atoms with E-state index in [0.717, 1.165) is 13.1 Å². The van der Waals surface area contributed by atoms with Gasteiger partial charge in [0, 0.05) is 19.6 Å². The van der Waals surface area contributed by atoms with E-state index >= 15 is 0 Å². The highest BCUT2D eigenvalue weighted by molar-refractivity contribution is 5.96. The lowest BCUT2D eigenvalue weighted by Gasteiger charge is -2.29. The first-order valence-electron chi connectivity index (χ1n) is 5.81. The molecular weight excluding hydrogens is 224 g/mol. The molecule has 1 aliphatic rings. The number of carbonyl (C=O) groups excluding carboxylic acids is 2. The molecule has 0 spiro atoms. The summed E-state index contributed by atoms with van der Waals surface area (Å²) < 4.78 is 5.19. The van der Waals surface area contributed by atoms with Crippen LogP contribution in [0.3, 0.4) is 0 Å². The van der Waals surface area contributed by atoms with Crippen molar-refractivity contribution in [3.63, 3.8) is 0 Å². The summed E-state index contributed by atoms with van der Waals surface area (Å²) in [6.07, 6.45) is 0. The lowest BCUT2D eigenvalue weighted by Crippen LogP contribution is -2.55. The molecule has 7 nitrogen and oxygen atoms in total. The van der Waals surface area contributed by atoms with E-state index in [9.17, 15) is 9.59 Å². The molecule has 7 heteroatoms. The summed E-state index contributed by atoms with van der Waals surface area (Å²) in [5, 5.41) is 6.69. The molecule has 1 unspecified atom stereocenters. The van der Waals surface area contributed by atoms with Gasteiger partial charge in [-0.25, -0.2) is 15.2 Å². The maximum atomic E-state index is 11.6. The second-order valence-electron chi connectivity index (χ2n) is 3.80. The Bertz CT molecular complexity index is 266. The van der Waals surface area contributed by atoms with E-state index in [4.69, 9.17) is 4.74 Å². The van der Waals surface area contributed by atoms with Gasteiger partial charge in [0.05, 0.1) is 19.3 Å². The monoisotopic (exact) mass is 244 g/mol. The molecule has 1 heterocycles. The van der Waals surface area contributed by atoms with Gasteiger partial charge >= 0.3 is 6.03 Å². The number of hydrogen-bond acceptors (Lipinski definition) is 5. The molecule has 0 aromatic rings. The van der Waals surface area contributed by atoms with E-state index in [1.165, 1.54) is 0 Å². The highest BCUT2D eigenvalue weighted by atomic mass is 16.5. The average molecular weight is 244 g/mol. The smallest absolute Gasteiger partial charge is 0.321 e. The van der Waals surface area contributed by atoms with E-state index in [2.05, 4.69) is 16.1 Å². The predicted molar refractivity (Wildman–Crippen MR) is 62.2 cm³/mol. The molecule has 1 fully saturated rings. The molecule has 1 saturated heterocycles. The van der Waals surface area contributed by atoms with Gasteiger partial charge in [0.1, 0.15) is 0 Å². The van der Waals surface area contributed by atoms with Crippen LogP contribution < -0.4 is 16.1 Å². The van der Waals surface area contributed by atoms with Gasteiger partial charge in [-0.1, -0.05) is 0 Å². The molecule has 1 rings (SSSR count). The van der Waals surface area contributed by atoms with Crippen molar-refractivity contribution < 1.29 is 14.3 Å². The third-order valence-corrected chi connectivity index (χ3v) is 2.35. The van der Waals surface area contributed by atoms with Gasteiger partial charge in [0.15, 0.2) is 0 Å². The molecule has 98 valence electrons. The van der Waals surface area contributed by atoms with Crippen molar-refractivity contribution in [3.05, 3.63) is 0 Å². The van der Waals surface area contributed by atoms with Crippen molar-refractivity contribution in [1.29, 1.82) is 0 Å². The van der Waals surface area contributed by atoms with Gasteiger partial charge in [-0.15, -0.1) is 0 Å². The van der Waals surface area contributed by atoms with Gasteiger partial charge in [0.2, 0.25) is 5.91 Å². The first kappa shape index (κ1) is 13.9. The van der Waals surface area contributed by atoms with Crippen LogP contribution in [0.5, 0.6) is 0 Å². The molecule has 3 N–H and O–H groups in total. The second-order valence-corrected chi connectivity index (χ2v) is 3.80. The molecule has 0 radical (unpaired) electrons. The topological polar surface area (TPSA) is 82.7 Å². The zero-order valence-electron chi connectivity index (χ0n) is 10.3. The second kappa shape index (κ2) is 7.21. The SMILES string of the molecule is CCNC(=O)NC(=O)C(C)NN1CCOCC1. The van der Waals surface area contributed by atoms with E-state index in [1.807, 2.05) is 5.01 Å². The van der Waals surface area contributed by atoms with E-state index < -0.39 is 12.1 Å². The van der Waals surface area contributed by atoms with Crippen molar-refractivity contribution in [3.8, 4) is 0 Å². The minimum Gasteiger partial charge on any atom is -0.379 e. The van der Waals surface area contributed by atoms with E-state index in [1.54, 1.807) is 13.8 Å². The highest BCUT2D eigenvalue weighted by Crippen LogP contribution is 1.94. The Morgan fingerprint density at radius 2 is 2.00 bits per heavy atom. The van der Waals surface area contributed by atoms with Crippen LogP contribution in [0.25, 0.3) is 0 Å². The van der Waals surface area contributed by atoms with E-state index in [0.29, 0.717) is 19.8 Å². The minimum absolute atomic E-state index is 0.345. The number of nitrogens with zero attached hydrogens (tertiary/aromatic N) is 1. The number of ether oxygens (including phenoxy) is 1. The molecule has 0 aliphatic carbocycles. The van der Waals surface area contributed by atoms with Crippen LogP contribution in [-0.4, -0.2) is 55.8 Å². The Balaban J connectivity index is 2.28. The van der Waals surface area contributed by atoms with Crippen LogP contribution in [0.2, 0.25) is 0 Å². The average Bonchev–Trinajstić information content (AvgIpc) is 2.30. The molecule has 1 aliphatic heterocycles. The zero-order valence-corrected chi connectivity index (χ0v) is 10.3. The zero-order chi connectivity index (χ0) is 12.7. The summed E-state index contributed by atoms with van der Waals surface area (Å²) in [4.78, 5) is 22.8. The largest absolute Gasteiger partial charge is 0.379 e. The molecule has 0 bridgehead atoms. The number of rotatable bonds is 4. The van der Waals surface area contributed by atoms with Crippen LogP contribution in [0.15, 0.2) is 0 Å². The summed E-state index contributed by atoms with van der Waals surface area (Å²) >= 11 is 0. The van der Waals surface area contributed by atoms with E-state index in [-0.39, 0.29) is 5.91 Å². The van der Waals surface area contributed by atoms with Crippen LogP contribution >= 0.6 is 0 Å². The van der Waals surface area contributed by atoms with Crippen LogP contribution in [0.1, 0.15) is 13.8 Å². The van der Waals surface area contributed by atoms with Crippen LogP contribution in [0.4, 0.5) is 4.79 Å². The number of urea groups is 1. The van der Waals surface area contributed by atoms with Crippen molar-refractivity contribution in [1.82, 2.24) is 21.1 Å². The summed E-state index contributed by atoms with van der Waals surface area (Å²) in [5.74, 6) is -0.345. The Morgan fingerprint density at radius 1 is 1.35 bits per heavy atom.